The zero-order valence-corrected chi connectivity index (χ0v) is 13.8. The van der Waals surface area contributed by atoms with Crippen LogP contribution < -0.4 is 14.2 Å². The monoisotopic (exact) mass is 348 g/mol. The number of carbonyl (C=O) groups is 2. The van der Waals surface area contributed by atoms with E-state index >= 15 is 0 Å². The minimum atomic E-state index is -0.710. The molecular formula is C18H17FO6. The average molecular weight is 348 g/mol. The Kier molecular flexibility index (Phi) is 6.33. The molecule has 0 bridgehead atoms. The number of hydrogen-bond acceptors (Lipinski definition) is 6. The molecular weight excluding hydrogens is 331 g/mol. The quantitative estimate of drug-likeness (QED) is 0.539. The molecule has 0 saturated heterocycles. The van der Waals surface area contributed by atoms with Gasteiger partial charge in [0.15, 0.2) is 30.6 Å². The summed E-state index contributed by atoms with van der Waals surface area (Å²) in [5.74, 6) is -0.755. The van der Waals surface area contributed by atoms with Crippen LogP contribution in [0.3, 0.4) is 0 Å². The molecule has 0 amide bonds. The minimum absolute atomic E-state index is 0.0291. The molecule has 7 heteroatoms. The fourth-order valence-electron chi connectivity index (χ4n) is 1.93. The summed E-state index contributed by atoms with van der Waals surface area (Å²) in [6, 6.07) is 10.4. The fourth-order valence-corrected chi connectivity index (χ4v) is 1.93. The summed E-state index contributed by atoms with van der Waals surface area (Å²) in [6.07, 6.45) is 0. The summed E-state index contributed by atoms with van der Waals surface area (Å²) >= 11 is 0. The maximum atomic E-state index is 13.6. The Morgan fingerprint density at radius 2 is 1.60 bits per heavy atom. The molecule has 0 aliphatic carbocycles. The van der Waals surface area contributed by atoms with Crippen LogP contribution in [0.15, 0.2) is 42.5 Å². The van der Waals surface area contributed by atoms with Crippen LogP contribution in [-0.4, -0.2) is 39.2 Å². The first-order valence-corrected chi connectivity index (χ1v) is 7.32. The van der Waals surface area contributed by atoms with Gasteiger partial charge in [-0.25, -0.2) is 9.18 Å². The molecule has 0 heterocycles. The van der Waals surface area contributed by atoms with E-state index in [1.807, 2.05) is 0 Å². The molecule has 0 radical (unpaired) electrons. The first-order valence-electron chi connectivity index (χ1n) is 7.32. The molecule has 0 atom stereocenters. The summed E-state index contributed by atoms with van der Waals surface area (Å²) in [7, 11) is 2.86. The number of methoxy groups -OCH3 is 2. The normalized spacial score (nSPS) is 10.0. The summed E-state index contributed by atoms with van der Waals surface area (Å²) in [4.78, 5) is 23.5. The van der Waals surface area contributed by atoms with Gasteiger partial charge in [0.05, 0.1) is 14.2 Å². The molecule has 132 valence electrons. The molecule has 0 unspecified atom stereocenters. The summed E-state index contributed by atoms with van der Waals surface area (Å²) in [6.45, 7) is -0.854. The molecule has 0 aromatic heterocycles. The lowest BCUT2D eigenvalue weighted by Gasteiger charge is -2.08. The van der Waals surface area contributed by atoms with Crippen LogP contribution in [0, 0.1) is 5.82 Å². The number of ketones is 1. The highest BCUT2D eigenvalue weighted by atomic mass is 19.1. The number of rotatable bonds is 8. The number of Topliss-reactive ketones (excluding diaryl/α,β-unsaturated/α-hetero) is 1. The van der Waals surface area contributed by atoms with Crippen molar-refractivity contribution in [2.75, 3.05) is 27.4 Å². The van der Waals surface area contributed by atoms with Crippen molar-refractivity contribution in [1.82, 2.24) is 0 Å². The summed E-state index contributed by atoms with van der Waals surface area (Å²) < 4.78 is 33.4. The topological polar surface area (TPSA) is 71.1 Å². The van der Waals surface area contributed by atoms with E-state index in [9.17, 15) is 14.0 Å². The Hall–Kier alpha value is -3.09. The van der Waals surface area contributed by atoms with Gasteiger partial charge in [-0.1, -0.05) is 0 Å². The first kappa shape index (κ1) is 18.3. The van der Waals surface area contributed by atoms with Gasteiger partial charge in [0.25, 0.3) is 0 Å². The standard InChI is InChI=1S/C18H17FO6/c1-22-13-4-6-14(7-5-13)24-11-18(21)25-10-16(20)12-3-8-17(23-2)15(19)9-12/h3-9H,10-11H2,1-2H3. The largest absolute Gasteiger partial charge is 0.497 e. The van der Waals surface area contributed by atoms with E-state index in [2.05, 4.69) is 0 Å². The van der Waals surface area contributed by atoms with Crippen molar-refractivity contribution in [3.63, 3.8) is 0 Å². The second kappa shape index (κ2) is 8.68. The lowest BCUT2D eigenvalue weighted by atomic mass is 10.1. The van der Waals surface area contributed by atoms with Gasteiger partial charge < -0.3 is 18.9 Å². The molecule has 6 nitrogen and oxygen atoms in total. The maximum Gasteiger partial charge on any atom is 0.344 e. The highest BCUT2D eigenvalue weighted by Gasteiger charge is 2.13. The predicted octanol–water partition coefficient (Wildman–Crippen LogP) is 2.65. The fraction of sp³-hybridized carbons (Fsp3) is 0.222. The number of hydrogen-bond donors (Lipinski definition) is 0. The van der Waals surface area contributed by atoms with Crippen LogP contribution in [0.2, 0.25) is 0 Å². The Bertz CT molecular complexity index is 742. The Morgan fingerprint density at radius 1 is 0.920 bits per heavy atom. The zero-order valence-electron chi connectivity index (χ0n) is 13.8. The average Bonchev–Trinajstić information content (AvgIpc) is 2.64. The molecule has 0 N–H and O–H groups in total. The van der Waals surface area contributed by atoms with Crippen molar-refractivity contribution < 1.29 is 32.9 Å². The van der Waals surface area contributed by atoms with E-state index in [0.29, 0.717) is 11.5 Å². The van der Waals surface area contributed by atoms with Crippen LogP contribution >= 0.6 is 0 Å². The third-order valence-corrected chi connectivity index (χ3v) is 3.25. The smallest absolute Gasteiger partial charge is 0.344 e. The first-order chi connectivity index (χ1) is 12.0. The van der Waals surface area contributed by atoms with Gasteiger partial charge in [0.2, 0.25) is 0 Å². The second-order valence-electron chi connectivity index (χ2n) is 4.90. The van der Waals surface area contributed by atoms with Gasteiger partial charge in [-0.2, -0.15) is 0 Å². The van der Waals surface area contributed by atoms with Crippen molar-refractivity contribution in [2.24, 2.45) is 0 Å². The lowest BCUT2D eigenvalue weighted by Crippen LogP contribution is -2.19. The number of ether oxygens (including phenoxy) is 4. The molecule has 0 aliphatic rings. The maximum absolute atomic E-state index is 13.6. The summed E-state index contributed by atoms with van der Waals surface area (Å²) in [5.41, 5.74) is 0.0853. The molecule has 0 spiro atoms. The zero-order chi connectivity index (χ0) is 18.2. The van der Waals surface area contributed by atoms with Crippen molar-refractivity contribution >= 4 is 11.8 Å². The third kappa shape index (κ3) is 5.20. The van der Waals surface area contributed by atoms with E-state index in [4.69, 9.17) is 18.9 Å². The van der Waals surface area contributed by atoms with Crippen LogP contribution in [0.5, 0.6) is 17.2 Å². The minimum Gasteiger partial charge on any atom is -0.497 e. The van der Waals surface area contributed by atoms with Crippen LogP contribution in [0.4, 0.5) is 4.39 Å². The van der Waals surface area contributed by atoms with Crippen molar-refractivity contribution in [1.29, 1.82) is 0 Å². The number of halogens is 1. The highest BCUT2D eigenvalue weighted by molar-refractivity contribution is 5.98. The van der Waals surface area contributed by atoms with Gasteiger partial charge in [-0.05, 0) is 42.5 Å². The molecule has 0 aliphatic heterocycles. The Morgan fingerprint density at radius 3 is 2.20 bits per heavy atom. The van der Waals surface area contributed by atoms with Gasteiger partial charge in [0, 0.05) is 5.56 Å². The lowest BCUT2D eigenvalue weighted by molar-refractivity contribution is -0.144. The van der Waals surface area contributed by atoms with Crippen molar-refractivity contribution in [2.45, 2.75) is 0 Å². The molecule has 25 heavy (non-hydrogen) atoms. The van der Waals surface area contributed by atoms with Gasteiger partial charge in [-0.3, -0.25) is 4.79 Å². The SMILES string of the molecule is COc1ccc(OCC(=O)OCC(=O)c2ccc(OC)c(F)c2)cc1. The van der Waals surface area contributed by atoms with E-state index < -0.39 is 24.2 Å². The van der Waals surface area contributed by atoms with Gasteiger partial charge in [-0.15, -0.1) is 0 Å². The molecule has 2 rings (SSSR count). The predicted molar refractivity (Wildman–Crippen MR) is 86.7 cm³/mol. The van der Waals surface area contributed by atoms with Crippen molar-refractivity contribution in [3.8, 4) is 17.2 Å². The van der Waals surface area contributed by atoms with E-state index in [0.717, 1.165) is 6.07 Å². The van der Waals surface area contributed by atoms with Crippen LogP contribution in [0.25, 0.3) is 0 Å². The highest BCUT2D eigenvalue weighted by Crippen LogP contribution is 2.18. The Labute approximate surface area is 144 Å². The van der Waals surface area contributed by atoms with E-state index in [1.54, 1.807) is 31.4 Å². The van der Waals surface area contributed by atoms with E-state index in [-0.39, 0.29) is 17.9 Å². The summed E-state index contributed by atoms with van der Waals surface area (Å²) in [5, 5.41) is 0. The third-order valence-electron chi connectivity index (χ3n) is 3.25. The molecule has 2 aromatic carbocycles. The molecule has 0 saturated carbocycles. The Balaban J connectivity index is 1.80. The van der Waals surface area contributed by atoms with Crippen LogP contribution in [0.1, 0.15) is 10.4 Å². The van der Waals surface area contributed by atoms with Crippen LogP contribution in [-0.2, 0) is 9.53 Å². The van der Waals surface area contributed by atoms with Crippen molar-refractivity contribution in [3.05, 3.63) is 53.8 Å². The number of esters is 1. The molecule has 2 aromatic rings. The number of carbonyl (C=O) groups excluding carboxylic acids is 2. The van der Waals surface area contributed by atoms with Gasteiger partial charge in [0.1, 0.15) is 11.5 Å². The number of benzene rings is 2. The second-order valence-corrected chi connectivity index (χ2v) is 4.90. The van der Waals surface area contributed by atoms with Gasteiger partial charge >= 0.3 is 5.97 Å². The van der Waals surface area contributed by atoms with E-state index in [1.165, 1.54) is 19.2 Å². The molecule has 0 fully saturated rings.